The molecule has 1 aliphatic heterocycles. The molecule has 0 radical (unpaired) electrons. The number of hydrogen-bond acceptors (Lipinski definition) is 3. The van der Waals surface area contributed by atoms with Gasteiger partial charge < -0.3 is 14.8 Å². The van der Waals surface area contributed by atoms with E-state index < -0.39 is 11.9 Å². The van der Waals surface area contributed by atoms with Gasteiger partial charge in [-0.3, -0.25) is 4.90 Å². The van der Waals surface area contributed by atoms with E-state index in [1.54, 1.807) is 0 Å². The first-order valence-corrected chi connectivity index (χ1v) is 7.90. The molecule has 3 rings (SSSR count). The van der Waals surface area contributed by atoms with Gasteiger partial charge in [-0.15, -0.1) is 0 Å². The third-order valence-corrected chi connectivity index (χ3v) is 4.10. The van der Waals surface area contributed by atoms with Crippen LogP contribution in [0.15, 0.2) is 54.7 Å². The van der Waals surface area contributed by atoms with Crippen molar-refractivity contribution in [3.05, 3.63) is 71.6 Å². The lowest BCUT2D eigenvalue weighted by Gasteiger charge is -2.31. The summed E-state index contributed by atoms with van der Waals surface area (Å²) in [6.45, 7) is 2.17. The third kappa shape index (κ3) is 5.06. The van der Waals surface area contributed by atoms with E-state index in [1.807, 2.05) is 0 Å². The van der Waals surface area contributed by atoms with E-state index in [4.69, 9.17) is 10.2 Å². The maximum absolute atomic E-state index is 9.55. The number of carboxylic acids is 2. The second-order valence-electron chi connectivity index (χ2n) is 6.00. The largest absolute Gasteiger partial charge is 0.478 e. The SMILES string of the molecule is CN1Cc2c(ccn2C)C(c2ccccc2)C1.O=C(O)C=CC(=O)O. The number of rotatable bonds is 3. The third-order valence-electron chi connectivity index (χ3n) is 4.10. The minimum atomic E-state index is -1.26. The predicted octanol–water partition coefficient (Wildman–Crippen LogP) is 2.31. The quantitative estimate of drug-likeness (QED) is 0.837. The minimum Gasteiger partial charge on any atom is -0.478 e. The van der Waals surface area contributed by atoms with E-state index in [9.17, 15) is 9.59 Å². The highest BCUT2D eigenvalue weighted by atomic mass is 16.4. The fraction of sp³-hybridized carbons (Fsp3) is 0.263. The Labute approximate surface area is 146 Å². The number of aryl methyl sites for hydroxylation is 1. The molecule has 1 aromatic heterocycles. The molecule has 2 heterocycles. The van der Waals surface area contributed by atoms with Crippen molar-refractivity contribution in [3.8, 4) is 0 Å². The molecule has 1 aliphatic rings. The first kappa shape index (κ1) is 18.5. The molecule has 0 aliphatic carbocycles. The summed E-state index contributed by atoms with van der Waals surface area (Å²) in [6.07, 6.45) is 3.30. The van der Waals surface area contributed by atoms with Gasteiger partial charge in [0.15, 0.2) is 0 Å². The summed E-state index contributed by atoms with van der Waals surface area (Å²) in [5, 5.41) is 15.6. The molecule has 25 heavy (non-hydrogen) atoms. The monoisotopic (exact) mass is 342 g/mol. The summed E-state index contributed by atoms with van der Waals surface area (Å²) < 4.78 is 2.25. The summed E-state index contributed by atoms with van der Waals surface area (Å²) in [6, 6.07) is 13.1. The Balaban J connectivity index is 0.000000242. The van der Waals surface area contributed by atoms with Gasteiger partial charge in [0.25, 0.3) is 0 Å². The van der Waals surface area contributed by atoms with Gasteiger partial charge in [0.1, 0.15) is 0 Å². The molecule has 2 aromatic rings. The molecule has 2 N–H and O–H groups in total. The van der Waals surface area contributed by atoms with Crippen LogP contribution in [0.3, 0.4) is 0 Å². The Hall–Kier alpha value is -2.86. The standard InChI is InChI=1S/C15H18N2.C4H4O4/c1-16-10-14(12-6-4-3-5-7-12)13-8-9-17(2)15(13)11-16;5-3(6)1-2-4(7)8/h3-9,14H,10-11H2,1-2H3;1-2H,(H,5,6)(H,7,8). The van der Waals surface area contributed by atoms with Crippen LogP contribution < -0.4 is 0 Å². The zero-order valence-electron chi connectivity index (χ0n) is 14.3. The Morgan fingerprint density at radius 1 is 1.04 bits per heavy atom. The highest BCUT2D eigenvalue weighted by molar-refractivity contribution is 5.89. The Bertz CT molecular complexity index is 749. The van der Waals surface area contributed by atoms with Crippen molar-refractivity contribution in [1.82, 2.24) is 9.47 Å². The van der Waals surface area contributed by atoms with Crippen LogP contribution in [0.1, 0.15) is 22.7 Å². The second kappa shape index (κ2) is 8.30. The number of hydrogen-bond donors (Lipinski definition) is 2. The van der Waals surface area contributed by atoms with Gasteiger partial charge in [0.2, 0.25) is 0 Å². The first-order valence-electron chi connectivity index (χ1n) is 7.90. The molecule has 0 saturated heterocycles. The van der Waals surface area contributed by atoms with Gasteiger partial charge >= 0.3 is 11.9 Å². The van der Waals surface area contributed by atoms with Crippen molar-refractivity contribution in [2.45, 2.75) is 12.5 Å². The Morgan fingerprint density at radius 2 is 1.64 bits per heavy atom. The number of nitrogens with zero attached hydrogens (tertiary/aromatic N) is 2. The summed E-state index contributed by atoms with van der Waals surface area (Å²) >= 11 is 0. The van der Waals surface area contributed by atoms with Crippen LogP contribution in [0.4, 0.5) is 0 Å². The average molecular weight is 342 g/mol. The molecule has 0 amide bonds. The molecule has 6 nitrogen and oxygen atoms in total. The summed E-state index contributed by atoms with van der Waals surface area (Å²) in [7, 11) is 4.34. The van der Waals surface area contributed by atoms with Crippen molar-refractivity contribution in [2.75, 3.05) is 13.6 Å². The topological polar surface area (TPSA) is 82.8 Å². The Morgan fingerprint density at radius 3 is 2.20 bits per heavy atom. The van der Waals surface area contributed by atoms with Crippen LogP contribution in [-0.4, -0.2) is 45.2 Å². The highest BCUT2D eigenvalue weighted by Gasteiger charge is 2.26. The van der Waals surface area contributed by atoms with Crippen LogP contribution >= 0.6 is 0 Å². The molecule has 0 saturated carbocycles. The highest BCUT2D eigenvalue weighted by Crippen LogP contribution is 2.33. The van der Waals surface area contributed by atoms with Crippen molar-refractivity contribution < 1.29 is 19.8 Å². The van der Waals surface area contributed by atoms with Crippen molar-refractivity contribution in [3.63, 3.8) is 0 Å². The van der Waals surface area contributed by atoms with Crippen LogP contribution in [-0.2, 0) is 23.2 Å². The lowest BCUT2D eigenvalue weighted by atomic mass is 9.88. The molecular weight excluding hydrogens is 320 g/mol. The number of carbonyl (C=O) groups is 2. The van der Waals surface area contributed by atoms with Crippen LogP contribution in [0.2, 0.25) is 0 Å². The van der Waals surface area contributed by atoms with E-state index in [1.165, 1.54) is 16.8 Å². The maximum atomic E-state index is 9.55. The molecule has 1 atom stereocenters. The molecular formula is C19H22N2O4. The molecule has 0 spiro atoms. The van der Waals surface area contributed by atoms with Gasteiger partial charge in [-0.25, -0.2) is 9.59 Å². The molecule has 6 heteroatoms. The fourth-order valence-corrected chi connectivity index (χ4v) is 2.95. The molecule has 1 aromatic carbocycles. The van der Waals surface area contributed by atoms with Crippen LogP contribution in [0, 0.1) is 0 Å². The summed E-state index contributed by atoms with van der Waals surface area (Å²) in [5.74, 6) is -1.99. The Kier molecular flexibility index (Phi) is 6.14. The lowest BCUT2D eigenvalue weighted by molar-refractivity contribution is -0.134. The van der Waals surface area contributed by atoms with Gasteiger partial charge in [0.05, 0.1) is 0 Å². The average Bonchev–Trinajstić information content (AvgIpc) is 2.95. The van der Waals surface area contributed by atoms with Gasteiger partial charge in [-0.2, -0.15) is 0 Å². The molecule has 1 unspecified atom stereocenters. The van der Waals surface area contributed by atoms with E-state index in [0.717, 1.165) is 13.1 Å². The smallest absolute Gasteiger partial charge is 0.328 e. The maximum Gasteiger partial charge on any atom is 0.328 e. The normalized spacial score (nSPS) is 16.8. The number of aliphatic carboxylic acids is 2. The number of likely N-dealkylation sites (N-methyl/N-ethyl adjacent to an activating group) is 1. The lowest BCUT2D eigenvalue weighted by Crippen LogP contribution is -2.31. The predicted molar refractivity (Wildman–Crippen MR) is 94.4 cm³/mol. The van der Waals surface area contributed by atoms with Crippen molar-refractivity contribution >= 4 is 11.9 Å². The van der Waals surface area contributed by atoms with Gasteiger partial charge in [0, 0.05) is 50.1 Å². The summed E-state index contributed by atoms with van der Waals surface area (Å²) in [4.78, 5) is 21.5. The van der Waals surface area contributed by atoms with Gasteiger partial charge in [-0.05, 0) is 24.2 Å². The van der Waals surface area contributed by atoms with Crippen LogP contribution in [0.25, 0.3) is 0 Å². The van der Waals surface area contributed by atoms with E-state index >= 15 is 0 Å². The molecule has 132 valence electrons. The molecule has 0 bridgehead atoms. The minimum absolute atomic E-state index is 0.520. The number of benzene rings is 1. The fourth-order valence-electron chi connectivity index (χ4n) is 2.95. The van der Waals surface area contributed by atoms with E-state index in [0.29, 0.717) is 18.1 Å². The second-order valence-corrected chi connectivity index (χ2v) is 6.00. The number of carboxylic acid groups (broad SMARTS) is 2. The zero-order chi connectivity index (χ0) is 18.4. The first-order chi connectivity index (χ1) is 11.9. The summed E-state index contributed by atoms with van der Waals surface area (Å²) in [5.41, 5.74) is 4.37. The van der Waals surface area contributed by atoms with Gasteiger partial charge in [-0.1, -0.05) is 30.3 Å². The van der Waals surface area contributed by atoms with Crippen molar-refractivity contribution in [1.29, 1.82) is 0 Å². The zero-order valence-corrected chi connectivity index (χ0v) is 14.3. The molecule has 0 fully saturated rings. The van der Waals surface area contributed by atoms with Crippen LogP contribution in [0.5, 0.6) is 0 Å². The van der Waals surface area contributed by atoms with E-state index in [2.05, 4.69) is 66.2 Å². The number of fused-ring (bicyclic) bond motifs is 1. The van der Waals surface area contributed by atoms with Crippen molar-refractivity contribution in [2.24, 2.45) is 7.05 Å². The number of aromatic nitrogens is 1. The van der Waals surface area contributed by atoms with E-state index in [-0.39, 0.29) is 0 Å².